The van der Waals surface area contributed by atoms with Gasteiger partial charge in [0.1, 0.15) is 11.7 Å². The summed E-state index contributed by atoms with van der Waals surface area (Å²) < 4.78 is 50.0. The van der Waals surface area contributed by atoms with Crippen LogP contribution in [0.5, 0.6) is 11.5 Å². The topological polar surface area (TPSA) is 63.7 Å². The summed E-state index contributed by atoms with van der Waals surface area (Å²) in [6, 6.07) is 15.2. The molecule has 2 aromatic carbocycles. The maximum atomic E-state index is 13.2. The molecule has 0 bridgehead atoms. The zero-order chi connectivity index (χ0) is 26.6. The third-order valence-corrected chi connectivity index (χ3v) is 6.81. The van der Waals surface area contributed by atoms with E-state index in [-0.39, 0.29) is 11.9 Å². The predicted octanol–water partition coefficient (Wildman–Crippen LogP) is 5.14. The average Bonchev–Trinajstić information content (AvgIpc) is 2.91. The van der Waals surface area contributed by atoms with E-state index in [1.165, 1.54) is 12.3 Å². The maximum absolute atomic E-state index is 13.2. The van der Waals surface area contributed by atoms with Gasteiger partial charge in [-0.1, -0.05) is 36.4 Å². The molecular weight excluding hydrogens is 483 g/mol. The molecule has 3 aromatic rings. The summed E-state index contributed by atoms with van der Waals surface area (Å²) in [5.41, 5.74) is 2.74. The van der Waals surface area contributed by atoms with Crippen LogP contribution in [0.4, 0.5) is 13.2 Å². The molecule has 0 fully saturated rings. The minimum absolute atomic E-state index is 0.128. The summed E-state index contributed by atoms with van der Waals surface area (Å²) in [6.45, 7) is 0.616. The van der Waals surface area contributed by atoms with E-state index in [1.54, 1.807) is 21.3 Å². The molecular formula is C28H30F3N3O3. The van der Waals surface area contributed by atoms with Crippen molar-refractivity contribution < 1.29 is 27.4 Å². The number of aryl methyl sites for hydroxylation is 1. The summed E-state index contributed by atoms with van der Waals surface area (Å²) in [5.74, 6) is 1.09. The molecule has 0 saturated heterocycles. The van der Waals surface area contributed by atoms with Gasteiger partial charge in [-0.15, -0.1) is 0 Å². The number of fused-ring (bicyclic) bond motifs is 1. The number of hydrogen-bond acceptors (Lipinski definition) is 5. The number of amides is 1. The maximum Gasteiger partial charge on any atom is 0.433 e. The fraction of sp³-hybridized carbons (Fsp3) is 0.357. The average molecular weight is 514 g/mol. The largest absolute Gasteiger partial charge is 0.493 e. The monoisotopic (exact) mass is 513 g/mol. The van der Waals surface area contributed by atoms with Gasteiger partial charge in [0.05, 0.1) is 14.2 Å². The van der Waals surface area contributed by atoms with Crippen LogP contribution in [0.1, 0.15) is 46.5 Å². The highest BCUT2D eigenvalue weighted by atomic mass is 19.4. The van der Waals surface area contributed by atoms with Crippen LogP contribution in [-0.4, -0.2) is 43.6 Å². The van der Waals surface area contributed by atoms with E-state index >= 15 is 0 Å². The first-order chi connectivity index (χ1) is 17.8. The summed E-state index contributed by atoms with van der Waals surface area (Å²) in [7, 11) is 4.78. The second kappa shape index (κ2) is 11.2. The van der Waals surface area contributed by atoms with Crippen LogP contribution in [0.3, 0.4) is 0 Å². The Morgan fingerprint density at radius 2 is 1.81 bits per heavy atom. The number of hydrogen-bond donors (Lipinski definition) is 1. The highest BCUT2D eigenvalue weighted by molar-refractivity contribution is 5.83. The molecule has 37 heavy (non-hydrogen) atoms. The van der Waals surface area contributed by atoms with Crippen LogP contribution in [-0.2, 0) is 23.8 Å². The number of methoxy groups -OCH3 is 2. The predicted molar refractivity (Wildman–Crippen MR) is 134 cm³/mol. The van der Waals surface area contributed by atoms with Gasteiger partial charge in [0, 0.05) is 25.8 Å². The molecule has 9 heteroatoms. The van der Waals surface area contributed by atoms with E-state index in [0.29, 0.717) is 42.9 Å². The fourth-order valence-electron chi connectivity index (χ4n) is 4.99. The summed E-state index contributed by atoms with van der Waals surface area (Å²) in [4.78, 5) is 19.0. The molecule has 0 radical (unpaired) electrons. The number of carbonyl (C=O) groups excluding carboxylic acids is 1. The molecule has 1 aliphatic rings. The van der Waals surface area contributed by atoms with Crippen molar-refractivity contribution in [1.82, 2.24) is 15.2 Å². The van der Waals surface area contributed by atoms with E-state index in [1.807, 2.05) is 42.5 Å². The quantitative estimate of drug-likeness (QED) is 0.452. The molecule has 2 heterocycles. The van der Waals surface area contributed by atoms with Crippen LogP contribution in [0.25, 0.3) is 0 Å². The number of nitrogens with zero attached hydrogens (tertiary/aromatic N) is 2. The van der Waals surface area contributed by atoms with Crippen molar-refractivity contribution in [2.24, 2.45) is 0 Å². The Labute approximate surface area is 214 Å². The zero-order valence-corrected chi connectivity index (χ0v) is 21.0. The van der Waals surface area contributed by atoms with E-state index in [4.69, 9.17) is 9.47 Å². The second-order valence-corrected chi connectivity index (χ2v) is 8.93. The van der Waals surface area contributed by atoms with Gasteiger partial charge in [0.25, 0.3) is 0 Å². The van der Waals surface area contributed by atoms with Crippen molar-refractivity contribution in [3.05, 3.63) is 88.7 Å². The zero-order valence-electron chi connectivity index (χ0n) is 21.0. The lowest BCUT2D eigenvalue weighted by Gasteiger charge is -2.42. The molecule has 2 atom stereocenters. The van der Waals surface area contributed by atoms with Crippen molar-refractivity contribution in [1.29, 1.82) is 0 Å². The Morgan fingerprint density at radius 3 is 2.41 bits per heavy atom. The first-order valence-electron chi connectivity index (χ1n) is 12.1. The van der Waals surface area contributed by atoms with Gasteiger partial charge < -0.3 is 14.8 Å². The number of aromatic nitrogens is 1. The molecule has 1 aromatic heterocycles. The highest BCUT2D eigenvalue weighted by Crippen LogP contribution is 2.43. The first kappa shape index (κ1) is 26.5. The molecule has 1 aliphatic heterocycles. The van der Waals surface area contributed by atoms with Gasteiger partial charge in [0.15, 0.2) is 11.5 Å². The third kappa shape index (κ3) is 5.72. The Morgan fingerprint density at radius 1 is 1.11 bits per heavy atom. The lowest BCUT2D eigenvalue weighted by Crippen LogP contribution is -2.44. The number of halogens is 3. The van der Waals surface area contributed by atoms with Crippen molar-refractivity contribution in [3.8, 4) is 11.5 Å². The van der Waals surface area contributed by atoms with Crippen molar-refractivity contribution in [2.45, 2.75) is 37.5 Å². The van der Waals surface area contributed by atoms with E-state index in [2.05, 4.69) is 15.2 Å². The molecule has 1 amide bonds. The van der Waals surface area contributed by atoms with Crippen molar-refractivity contribution in [2.75, 3.05) is 27.8 Å². The summed E-state index contributed by atoms with van der Waals surface area (Å²) in [5, 5.41) is 2.80. The normalized spacial score (nSPS) is 16.5. The minimum Gasteiger partial charge on any atom is -0.493 e. The SMILES string of the molecule is CNC(=O)C(c1ccccc1)N1CCc2cc(OC)c(OC)cc2C1CCc1ccc(C(F)(F)F)nc1. The molecule has 0 spiro atoms. The Kier molecular flexibility index (Phi) is 8.02. The van der Waals surface area contributed by atoms with Crippen LogP contribution >= 0.6 is 0 Å². The van der Waals surface area contributed by atoms with Gasteiger partial charge in [-0.3, -0.25) is 14.7 Å². The summed E-state index contributed by atoms with van der Waals surface area (Å²) in [6.07, 6.45) is -1.46. The van der Waals surface area contributed by atoms with E-state index < -0.39 is 17.9 Å². The second-order valence-electron chi connectivity index (χ2n) is 8.93. The van der Waals surface area contributed by atoms with Crippen LogP contribution in [0.2, 0.25) is 0 Å². The van der Waals surface area contributed by atoms with Crippen molar-refractivity contribution >= 4 is 5.91 Å². The molecule has 2 unspecified atom stereocenters. The third-order valence-electron chi connectivity index (χ3n) is 6.81. The van der Waals surface area contributed by atoms with E-state index in [9.17, 15) is 18.0 Å². The number of benzene rings is 2. The number of carbonyl (C=O) groups is 1. The first-order valence-corrected chi connectivity index (χ1v) is 12.1. The van der Waals surface area contributed by atoms with Crippen LogP contribution in [0.15, 0.2) is 60.8 Å². The lowest BCUT2D eigenvalue weighted by molar-refractivity contribution is -0.141. The molecule has 4 rings (SSSR count). The fourth-order valence-corrected chi connectivity index (χ4v) is 4.99. The number of likely N-dealkylation sites (N-methyl/N-ethyl adjacent to an activating group) is 1. The Hall–Kier alpha value is -3.59. The van der Waals surface area contributed by atoms with Gasteiger partial charge in [-0.05, 0) is 59.7 Å². The molecule has 0 saturated carbocycles. The van der Waals surface area contributed by atoms with E-state index in [0.717, 1.165) is 22.8 Å². The molecule has 6 nitrogen and oxygen atoms in total. The molecule has 1 N–H and O–H groups in total. The smallest absolute Gasteiger partial charge is 0.433 e. The molecule has 0 aliphatic carbocycles. The Balaban J connectivity index is 1.73. The number of alkyl halides is 3. The number of ether oxygens (including phenoxy) is 2. The minimum atomic E-state index is -4.48. The number of pyridine rings is 1. The summed E-state index contributed by atoms with van der Waals surface area (Å²) >= 11 is 0. The molecule has 196 valence electrons. The number of nitrogens with one attached hydrogen (secondary N) is 1. The van der Waals surface area contributed by atoms with Crippen LogP contribution < -0.4 is 14.8 Å². The van der Waals surface area contributed by atoms with Gasteiger partial charge >= 0.3 is 6.18 Å². The van der Waals surface area contributed by atoms with Gasteiger partial charge in [-0.25, -0.2) is 0 Å². The van der Waals surface area contributed by atoms with Gasteiger partial charge in [0.2, 0.25) is 5.91 Å². The Bertz CT molecular complexity index is 1220. The number of rotatable bonds is 8. The lowest BCUT2D eigenvalue weighted by atomic mass is 9.86. The standard InChI is InChI=1S/C28H30F3N3O3/c1-32-27(35)26(19-7-5-4-6-8-19)34-14-13-20-15-23(36-2)24(37-3)16-21(20)22(34)11-9-18-10-12-25(33-17-18)28(29,30)31/h4-8,10,12,15-17,22,26H,9,11,13-14H2,1-3H3,(H,32,35). The van der Waals surface area contributed by atoms with Crippen LogP contribution in [0, 0.1) is 0 Å². The van der Waals surface area contributed by atoms with Gasteiger partial charge in [-0.2, -0.15) is 13.2 Å². The van der Waals surface area contributed by atoms with Crippen molar-refractivity contribution in [3.63, 3.8) is 0 Å². The highest BCUT2D eigenvalue weighted by Gasteiger charge is 2.37.